The van der Waals surface area contributed by atoms with E-state index in [4.69, 9.17) is 9.47 Å². The molecule has 6 nitrogen and oxygen atoms in total. The van der Waals surface area contributed by atoms with Crippen molar-refractivity contribution in [2.45, 2.75) is 75.0 Å². The number of ether oxygens (including phenoxy) is 2. The van der Waals surface area contributed by atoms with Gasteiger partial charge in [-0.05, 0) is 37.3 Å². The highest BCUT2D eigenvalue weighted by Gasteiger charge is 2.77. The summed E-state index contributed by atoms with van der Waals surface area (Å²) < 4.78 is 12.7. The average molecular weight is 399 g/mol. The summed E-state index contributed by atoms with van der Waals surface area (Å²) in [7, 11) is 0. The maximum Gasteiger partial charge on any atom is 0.174 e. The van der Waals surface area contributed by atoms with Crippen LogP contribution in [0.1, 0.15) is 56.6 Å². The Morgan fingerprint density at radius 3 is 2.93 bits per heavy atom. The lowest BCUT2D eigenvalue weighted by Crippen LogP contribution is -2.81. The normalized spacial score (nSPS) is 41.8. The molecule has 29 heavy (non-hydrogen) atoms. The van der Waals surface area contributed by atoms with Gasteiger partial charge in [-0.25, -0.2) is 0 Å². The predicted octanol–water partition coefficient (Wildman–Crippen LogP) is 2.97. The number of hydroxylamine groups is 3. The van der Waals surface area contributed by atoms with E-state index in [-0.39, 0.29) is 22.2 Å². The average Bonchev–Trinajstić information content (AvgIpc) is 3.43. The molecule has 5 aliphatic rings. The van der Waals surface area contributed by atoms with Crippen molar-refractivity contribution in [3.63, 3.8) is 0 Å². The molecule has 1 aromatic rings. The van der Waals surface area contributed by atoms with Gasteiger partial charge in [-0.1, -0.05) is 13.0 Å². The number of aromatic hydroxyl groups is 1. The highest BCUT2D eigenvalue weighted by atomic mass is 16.6. The minimum Gasteiger partial charge on any atom is -0.632 e. The summed E-state index contributed by atoms with van der Waals surface area (Å²) >= 11 is 0. The number of piperidine rings is 1. The number of benzene rings is 1. The first-order valence-corrected chi connectivity index (χ1v) is 11.2. The summed E-state index contributed by atoms with van der Waals surface area (Å²) in [5, 5.41) is 24.8. The van der Waals surface area contributed by atoms with E-state index in [1.54, 1.807) is 6.07 Å². The Morgan fingerprint density at radius 1 is 1.34 bits per heavy atom. The molecule has 2 aliphatic heterocycles. The van der Waals surface area contributed by atoms with Crippen molar-refractivity contribution in [1.82, 2.24) is 0 Å². The molecular formula is C23H29NO5. The van der Waals surface area contributed by atoms with E-state index in [0.29, 0.717) is 57.0 Å². The van der Waals surface area contributed by atoms with Crippen LogP contribution in [0.5, 0.6) is 11.5 Å². The number of likely N-dealkylation sites (tertiary alicyclic amines) is 1. The zero-order chi connectivity index (χ0) is 20.0. The molecule has 1 spiro atoms. The molecule has 0 amide bonds. The number of phenols is 1. The quantitative estimate of drug-likeness (QED) is 0.608. The first-order valence-electron chi connectivity index (χ1n) is 11.2. The minimum atomic E-state index is -0.692. The van der Waals surface area contributed by atoms with Crippen molar-refractivity contribution < 1.29 is 24.0 Å². The number of hydrogen-bond acceptors (Lipinski definition) is 5. The third-order valence-electron chi connectivity index (χ3n) is 8.38. The molecule has 0 radical (unpaired) electrons. The van der Waals surface area contributed by atoms with Gasteiger partial charge in [-0.15, -0.1) is 0 Å². The molecular weight excluding hydrogens is 370 g/mol. The van der Waals surface area contributed by atoms with Gasteiger partial charge in [0, 0.05) is 37.4 Å². The molecule has 2 heterocycles. The number of nitrogens with zero attached hydrogens (tertiary/aromatic N) is 1. The van der Waals surface area contributed by atoms with Crippen molar-refractivity contribution in [2.75, 3.05) is 19.7 Å². The van der Waals surface area contributed by atoms with E-state index in [1.807, 2.05) is 6.07 Å². The predicted molar refractivity (Wildman–Crippen MR) is 106 cm³/mol. The van der Waals surface area contributed by atoms with Crippen molar-refractivity contribution in [3.05, 3.63) is 28.5 Å². The monoisotopic (exact) mass is 399 g/mol. The smallest absolute Gasteiger partial charge is 0.174 e. The fraction of sp³-hybridized carbons (Fsp3) is 0.696. The number of Topliss-reactive ketones (excluding diaryl/α,β-unsaturated/α-hetero) is 1. The lowest BCUT2D eigenvalue weighted by molar-refractivity contribution is -0.924. The van der Waals surface area contributed by atoms with Crippen LogP contribution in [0.2, 0.25) is 0 Å². The molecule has 3 aliphatic carbocycles. The van der Waals surface area contributed by atoms with Gasteiger partial charge in [-0.3, -0.25) is 4.79 Å². The van der Waals surface area contributed by atoms with Crippen LogP contribution in [0.4, 0.5) is 0 Å². The summed E-state index contributed by atoms with van der Waals surface area (Å²) in [6.45, 7) is 3.82. The van der Waals surface area contributed by atoms with Crippen LogP contribution in [0.3, 0.4) is 0 Å². The summed E-state index contributed by atoms with van der Waals surface area (Å²) in [5.41, 5.74) is 0.687. The Hall–Kier alpha value is -1.63. The van der Waals surface area contributed by atoms with Crippen LogP contribution in [0, 0.1) is 11.1 Å². The van der Waals surface area contributed by atoms with Gasteiger partial charge in [0.15, 0.2) is 23.4 Å². The molecule has 6 heteroatoms. The van der Waals surface area contributed by atoms with E-state index in [1.165, 1.54) is 0 Å². The summed E-state index contributed by atoms with van der Waals surface area (Å²) in [4.78, 5) is 13.1. The van der Waals surface area contributed by atoms with Crippen LogP contribution in [-0.4, -0.2) is 53.0 Å². The van der Waals surface area contributed by atoms with Crippen LogP contribution in [-0.2, 0) is 21.4 Å². The molecule has 5 atom stereocenters. The zero-order valence-corrected chi connectivity index (χ0v) is 17.0. The van der Waals surface area contributed by atoms with Gasteiger partial charge in [-0.2, -0.15) is 0 Å². The molecule has 3 fully saturated rings. The fourth-order valence-electron chi connectivity index (χ4n) is 7.09. The van der Waals surface area contributed by atoms with Crippen molar-refractivity contribution >= 4 is 5.78 Å². The Morgan fingerprint density at radius 2 is 2.17 bits per heavy atom. The number of rotatable bonds is 5. The van der Waals surface area contributed by atoms with E-state index in [0.717, 1.165) is 30.4 Å². The fourth-order valence-corrected chi connectivity index (χ4v) is 7.09. The second-order valence-corrected chi connectivity index (χ2v) is 9.89. The number of ketones is 1. The number of carbonyl (C=O) groups is 1. The van der Waals surface area contributed by atoms with E-state index in [2.05, 4.69) is 6.92 Å². The molecule has 2 bridgehead atoms. The SMILES string of the molecule is CCCOC12CCC(=O)[C@@H]3Oc4c(O)ccc5c4[C@@]31CC[N@+]([O-])(CC1CC1)[C@@H]2C5. The first-order chi connectivity index (χ1) is 14.0. The van der Waals surface area contributed by atoms with Crippen molar-refractivity contribution in [3.8, 4) is 11.5 Å². The molecule has 2 saturated carbocycles. The standard InChI is InChI=1S/C23H29NO5/c1-2-11-28-23-8-7-17(26)21-22(23)9-10-24(27,13-14-3-4-14)18(23)12-15-5-6-16(25)20(29-21)19(15)22/h5-6,14,18,21,25H,2-4,7-13H2,1H3/t18-,21+,22+,23?,24+/m1/s1. The zero-order valence-electron chi connectivity index (χ0n) is 17.0. The number of carbonyl (C=O) groups excluding carboxylic acids is 1. The maximum absolute atomic E-state index is 14.3. The second kappa shape index (κ2) is 5.74. The van der Waals surface area contributed by atoms with Gasteiger partial charge in [0.2, 0.25) is 0 Å². The third kappa shape index (κ3) is 2.10. The molecule has 1 aromatic carbocycles. The Labute approximate surface area is 171 Å². The summed E-state index contributed by atoms with van der Waals surface area (Å²) in [6, 6.07) is 3.37. The molecule has 0 aromatic heterocycles. The van der Waals surface area contributed by atoms with Gasteiger partial charge >= 0.3 is 0 Å². The van der Waals surface area contributed by atoms with Gasteiger partial charge < -0.3 is 24.4 Å². The topological polar surface area (TPSA) is 78.8 Å². The Bertz CT molecular complexity index is 897. The highest BCUT2D eigenvalue weighted by molar-refractivity contribution is 5.90. The molecule has 6 rings (SSSR count). The Kier molecular flexibility index (Phi) is 3.60. The lowest BCUT2D eigenvalue weighted by atomic mass is 9.48. The number of quaternary nitrogens is 1. The van der Waals surface area contributed by atoms with Crippen LogP contribution in [0.25, 0.3) is 0 Å². The molecule has 1 saturated heterocycles. The van der Waals surface area contributed by atoms with E-state index in [9.17, 15) is 15.1 Å². The van der Waals surface area contributed by atoms with E-state index >= 15 is 0 Å². The Balaban J connectivity index is 1.60. The second-order valence-electron chi connectivity index (χ2n) is 9.89. The largest absolute Gasteiger partial charge is 0.632 e. The van der Waals surface area contributed by atoms with Crippen LogP contribution in [0.15, 0.2) is 12.1 Å². The maximum atomic E-state index is 14.3. The van der Waals surface area contributed by atoms with Gasteiger partial charge in [0.1, 0.15) is 11.6 Å². The van der Waals surface area contributed by atoms with Gasteiger partial charge in [0.05, 0.1) is 18.5 Å². The van der Waals surface area contributed by atoms with Crippen molar-refractivity contribution in [2.24, 2.45) is 5.92 Å². The summed E-state index contributed by atoms with van der Waals surface area (Å²) in [6.07, 6.45) is 4.71. The molecule has 1 N–H and O–H groups in total. The van der Waals surface area contributed by atoms with Crippen LogP contribution < -0.4 is 4.74 Å². The van der Waals surface area contributed by atoms with Crippen LogP contribution >= 0.6 is 0 Å². The first kappa shape index (κ1) is 18.2. The van der Waals surface area contributed by atoms with Gasteiger partial charge in [0.25, 0.3) is 0 Å². The number of hydrogen-bond donors (Lipinski definition) is 1. The highest BCUT2D eigenvalue weighted by Crippen LogP contribution is 2.67. The minimum absolute atomic E-state index is 0.0796. The van der Waals surface area contributed by atoms with Crippen molar-refractivity contribution in [1.29, 1.82) is 0 Å². The summed E-state index contributed by atoms with van der Waals surface area (Å²) in [5.74, 6) is 1.16. The number of phenolic OH excluding ortho intramolecular Hbond substituents is 1. The third-order valence-corrected chi connectivity index (χ3v) is 8.38. The van der Waals surface area contributed by atoms with E-state index < -0.39 is 17.1 Å². The molecule has 156 valence electrons. The molecule has 1 unspecified atom stereocenters. The lowest BCUT2D eigenvalue weighted by Gasteiger charge is -2.68.